The van der Waals surface area contributed by atoms with Crippen molar-refractivity contribution >= 4 is 15.9 Å². The van der Waals surface area contributed by atoms with E-state index in [0.29, 0.717) is 5.56 Å². The third-order valence-electron chi connectivity index (χ3n) is 3.72. The molecule has 0 fully saturated rings. The molecule has 5 nitrogen and oxygen atoms in total. The van der Waals surface area contributed by atoms with E-state index in [2.05, 4.69) is 4.72 Å². The van der Waals surface area contributed by atoms with Gasteiger partial charge in [-0.3, -0.25) is 4.79 Å². The fourth-order valence-corrected chi connectivity index (χ4v) is 3.54. The van der Waals surface area contributed by atoms with E-state index in [9.17, 15) is 13.2 Å². The minimum atomic E-state index is -3.76. The van der Waals surface area contributed by atoms with Gasteiger partial charge in [-0.05, 0) is 24.6 Å². The van der Waals surface area contributed by atoms with Crippen LogP contribution in [0.25, 0.3) is 0 Å². The Labute approximate surface area is 136 Å². The Bertz CT molecular complexity index is 771. The number of carbonyl (C=O) groups is 1. The van der Waals surface area contributed by atoms with Crippen LogP contribution in [0.1, 0.15) is 24.1 Å². The highest BCUT2D eigenvalue weighted by Gasteiger charge is 2.28. The van der Waals surface area contributed by atoms with Crippen LogP contribution in [0.3, 0.4) is 0 Å². The lowest BCUT2D eigenvalue weighted by Gasteiger charge is -2.23. The highest BCUT2D eigenvalue weighted by Crippen LogP contribution is 2.24. The molecule has 0 saturated carbocycles. The molecular formula is C17H20N2O3S. The first kappa shape index (κ1) is 17.2. The van der Waals surface area contributed by atoms with Crippen LogP contribution in [0, 0.1) is 12.8 Å². The molecule has 122 valence electrons. The van der Waals surface area contributed by atoms with Gasteiger partial charge in [-0.25, -0.2) is 13.1 Å². The summed E-state index contributed by atoms with van der Waals surface area (Å²) in [6.07, 6.45) is 0. The summed E-state index contributed by atoms with van der Waals surface area (Å²) in [4.78, 5) is 11.7. The number of rotatable bonds is 6. The van der Waals surface area contributed by atoms with Crippen LogP contribution in [0.15, 0.2) is 59.5 Å². The van der Waals surface area contributed by atoms with E-state index in [1.807, 2.05) is 13.0 Å². The summed E-state index contributed by atoms with van der Waals surface area (Å²) in [5, 5.41) is 0. The molecule has 2 aromatic rings. The molecule has 2 atom stereocenters. The number of carbonyl (C=O) groups excluding carboxylic acids is 1. The Balaban J connectivity index is 2.37. The van der Waals surface area contributed by atoms with Gasteiger partial charge in [-0.1, -0.05) is 55.0 Å². The van der Waals surface area contributed by atoms with Crippen molar-refractivity contribution in [3.8, 4) is 0 Å². The smallest absolute Gasteiger partial charge is 0.241 e. The topological polar surface area (TPSA) is 89.3 Å². The number of nitrogens with one attached hydrogen (secondary N) is 1. The number of sulfonamides is 1. The molecule has 0 aliphatic carbocycles. The summed E-state index contributed by atoms with van der Waals surface area (Å²) >= 11 is 0. The summed E-state index contributed by atoms with van der Waals surface area (Å²) in [6.45, 7) is 3.49. The summed E-state index contributed by atoms with van der Waals surface area (Å²) in [6, 6.07) is 14.7. The monoisotopic (exact) mass is 332 g/mol. The van der Waals surface area contributed by atoms with Crippen molar-refractivity contribution in [1.29, 1.82) is 0 Å². The van der Waals surface area contributed by atoms with Crippen LogP contribution in [0.5, 0.6) is 0 Å². The predicted octanol–water partition coefficient (Wildman–Crippen LogP) is 2.14. The van der Waals surface area contributed by atoms with Gasteiger partial charge in [0.1, 0.15) is 0 Å². The Morgan fingerprint density at radius 2 is 1.61 bits per heavy atom. The third kappa shape index (κ3) is 4.18. The van der Waals surface area contributed by atoms with Gasteiger partial charge in [0.15, 0.2) is 0 Å². The van der Waals surface area contributed by atoms with Crippen molar-refractivity contribution in [2.24, 2.45) is 11.7 Å². The summed E-state index contributed by atoms with van der Waals surface area (Å²) in [5.41, 5.74) is 7.03. The van der Waals surface area contributed by atoms with E-state index >= 15 is 0 Å². The molecule has 2 rings (SSSR count). The zero-order valence-electron chi connectivity index (χ0n) is 13.1. The van der Waals surface area contributed by atoms with Crippen molar-refractivity contribution in [1.82, 2.24) is 4.72 Å². The van der Waals surface area contributed by atoms with E-state index in [0.717, 1.165) is 5.56 Å². The molecule has 0 aromatic heterocycles. The van der Waals surface area contributed by atoms with Gasteiger partial charge in [0, 0.05) is 0 Å². The second-order valence-electron chi connectivity index (χ2n) is 5.51. The Morgan fingerprint density at radius 3 is 2.13 bits per heavy atom. The largest absolute Gasteiger partial charge is 0.369 e. The second kappa shape index (κ2) is 6.93. The molecule has 6 heteroatoms. The molecule has 0 bridgehead atoms. The van der Waals surface area contributed by atoms with Crippen molar-refractivity contribution in [2.75, 3.05) is 0 Å². The van der Waals surface area contributed by atoms with Gasteiger partial charge < -0.3 is 5.73 Å². The number of aryl methyl sites for hydroxylation is 1. The minimum absolute atomic E-state index is 0.153. The van der Waals surface area contributed by atoms with Crippen LogP contribution in [0.4, 0.5) is 0 Å². The highest BCUT2D eigenvalue weighted by molar-refractivity contribution is 7.89. The van der Waals surface area contributed by atoms with Crippen molar-refractivity contribution in [3.05, 3.63) is 65.7 Å². The number of hydrogen-bond donors (Lipinski definition) is 2. The van der Waals surface area contributed by atoms with Crippen molar-refractivity contribution < 1.29 is 13.2 Å². The van der Waals surface area contributed by atoms with Gasteiger partial charge in [0.2, 0.25) is 15.9 Å². The number of nitrogens with two attached hydrogens (primary N) is 1. The lowest BCUT2D eigenvalue weighted by molar-refractivity contribution is -0.122. The molecule has 1 amide bonds. The molecule has 23 heavy (non-hydrogen) atoms. The fourth-order valence-electron chi connectivity index (χ4n) is 2.24. The molecule has 0 aliphatic rings. The minimum Gasteiger partial charge on any atom is -0.369 e. The first-order chi connectivity index (χ1) is 10.8. The zero-order chi connectivity index (χ0) is 17.0. The summed E-state index contributed by atoms with van der Waals surface area (Å²) in [5.74, 6) is -1.25. The maximum Gasteiger partial charge on any atom is 0.241 e. The molecule has 0 unspecified atom stereocenters. The number of amides is 1. The van der Waals surface area contributed by atoms with Gasteiger partial charge in [-0.2, -0.15) is 0 Å². The van der Waals surface area contributed by atoms with Crippen LogP contribution >= 0.6 is 0 Å². The van der Waals surface area contributed by atoms with E-state index in [1.54, 1.807) is 43.3 Å². The van der Waals surface area contributed by atoms with Gasteiger partial charge >= 0.3 is 0 Å². The van der Waals surface area contributed by atoms with Crippen LogP contribution in [-0.4, -0.2) is 14.3 Å². The molecule has 0 heterocycles. The normalized spacial score (nSPS) is 14.2. The highest BCUT2D eigenvalue weighted by atomic mass is 32.2. The first-order valence-electron chi connectivity index (χ1n) is 7.24. The zero-order valence-corrected chi connectivity index (χ0v) is 13.9. The lowest BCUT2D eigenvalue weighted by Crippen LogP contribution is -2.38. The number of primary amides is 1. The number of hydrogen-bond acceptors (Lipinski definition) is 3. The Hall–Kier alpha value is -2.18. The SMILES string of the molecule is Cc1ccc(S(=O)(=O)N[C@@H](c2ccccc2)[C@H](C)C(N)=O)cc1. The van der Waals surface area contributed by atoms with Crippen LogP contribution in [0.2, 0.25) is 0 Å². The molecule has 0 aliphatic heterocycles. The fraction of sp³-hybridized carbons (Fsp3) is 0.235. The quantitative estimate of drug-likeness (QED) is 0.849. The average molecular weight is 332 g/mol. The Morgan fingerprint density at radius 1 is 1.04 bits per heavy atom. The summed E-state index contributed by atoms with van der Waals surface area (Å²) < 4.78 is 27.8. The molecule has 2 aromatic carbocycles. The molecule has 3 N–H and O–H groups in total. The van der Waals surface area contributed by atoms with E-state index < -0.39 is 27.9 Å². The van der Waals surface area contributed by atoms with E-state index in [4.69, 9.17) is 5.73 Å². The molecule has 0 saturated heterocycles. The number of benzene rings is 2. The van der Waals surface area contributed by atoms with E-state index in [1.165, 1.54) is 12.1 Å². The van der Waals surface area contributed by atoms with Crippen molar-refractivity contribution in [2.45, 2.75) is 24.8 Å². The standard InChI is InChI=1S/C17H20N2O3S/c1-12-8-10-15(11-9-12)23(21,22)19-16(13(2)17(18)20)14-6-4-3-5-7-14/h3-11,13,16,19H,1-2H3,(H2,18,20)/t13-,16+/m0/s1. The van der Waals surface area contributed by atoms with Gasteiger partial charge in [-0.15, -0.1) is 0 Å². The summed E-state index contributed by atoms with van der Waals surface area (Å²) in [7, 11) is -3.76. The van der Waals surface area contributed by atoms with Gasteiger partial charge in [0.25, 0.3) is 0 Å². The van der Waals surface area contributed by atoms with Gasteiger partial charge in [0.05, 0.1) is 16.9 Å². The first-order valence-corrected chi connectivity index (χ1v) is 8.73. The maximum atomic E-state index is 12.6. The van der Waals surface area contributed by atoms with E-state index in [-0.39, 0.29) is 4.90 Å². The molecule has 0 radical (unpaired) electrons. The molecular weight excluding hydrogens is 312 g/mol. The Kier molecular flexibility index (Phi) is 5.18. The maximum absolute atomic E-state index is 12.6. The average Bonchev–Trinajstić information content (AvgIpc) is 2.53. The van der Waals surface area contributed by atoms with Crippen LogP contribution in [-0.2, 0) is 14.8 Å². The van der Waals surface area contributed by atoms with Crippen molar-refractivity contribution in [3.63, 3.8) is 0 Å². The van der Waals surface area contributed by atoms with Crippen LogP contribution < -0.4 is 10.5 Å². The lowest BCUT2D eigenvalue weighted by atomic mass is 9.95. The molecule has 0 spiro atoms. The second-order valence-corrected chi connectivity index (χ2v) is 7.23. The third-order valence-corrected chi connectivity index (χ3v) is 5.18. The predicted molar refractivity (Wildman–Crippen MR) is 89.0 cm³/mol.